The van der Waals surface area contributed by atoms with Crippen LogP contribution >= 0.6 is 0 Å². The number of nitrogens with zero attached hydrogens (tertiary/aromatic N) is 1. The Morgan fingerprint density at radius 2 is 2.06 bits per heavy atom. The average molecular weight is 268 g/mol. The molecule has 0 bridgehead atoms. The van der Waals surface area contributed by atoms with Crippen LogP contribution in [0.3, 0.4) is 0 Å². The second-order valence-electron chi connectivity index (χ2n) is 3.03. The molecule has 0 aromatic carbocycles. The number of hydrogen-bond donors (Lipinski definition) is 3. The van der Waals surface area contributed by atoms with Crippen LogP contribution in [0.2, 0.25) is 0 Å². The van der Waals surface area contributed by atoms with E-state index in [0.717, 1.165) is 6.20 Å². The number of hydrogen-bond acceptors (Lipinski definition) is 5. The molecule has 0 saturated heterocycles. The highest BCUT2D eigenvalue weighted by Gasteiger charge is 2.14. The third-order valence-electron chi connectivity index (χ3n) is 1.66. The van der Waals surface area contributed by atoms with Crippen molar-refractivity contribution in [3.8, 4) is 0 Å². The van der Waals surface area contributed by atoms with Crippen LogP contribution in [-0.4, -0.2) is 39.1 Å². The van der Waals surface area contributed by atoms with Crippen molar-refractivity contribution in [1.82, 2.24) is 14.7 Å². The van der Waals surface area contributed by atoms with Crippen LogP contribution in [0, 0.1) is 0 Å². The smallest absolute Gasteiger partial charge is 0.257 e. The number of primary sulfonamides is 1. The summed E-state index contributed by atoms with van der Waals surface area (Å²) in [7, 11) is -7.19. The van der Waals surface area contributed by atoms with Crippen LogP contribution in [0.1, 0.15) is 6.42 Å². The van der Waals surface area contributed by atoms with Crippen molar-refractivity contribution in [3.05, 3.63) is 12.5 Å². The summed E-state index contributed by atoms with van der Waals surface area (Å²) in [5.41, 5.74) is 0. The minimum absolute atomic E-state index is 0.00220. The van der Waals surface area contributed by atoms with Crippen LogP contribution in [-0.2, 0) is 20.0 Å². The molecule has 0 spiro atoms. The summed E-state index contributed by atoms with van der Waals surface area (Å²) in [6.07, 6.45) is 2.51. The molecule has 16 heavy (non-hydrogen) atoms. The van der Waals surface area contributed by atoms with Crippen molar-refractivity contribution in [2.24, 2.45) is 5.14 Å². The van der Waals surface area contributed by atoms with Gasteiger partial charge in [-0.1, -0.05) is 0 Å². The van der Waals surface area contributed by atoms with Gasteiger partial charge >= 0.3 is 0 Å². The molecule has 0 aliphatic heterocycles. The summed E-state index contributed by atoms with van der Waals surface area (Å²) >= 11 is 0. The van der Waals surface area contributed by atoms with Crippen LogP contribution in [0.15, 0.2) is 17.6 Å². The van der Waals surface area contributed by atoms with Gasteiger partial charge in [0, 0.05) is 6.54 Å². The van der Waals surface area contributed by atoms with Gasteiger partial charge in [0.15, 0.2) is 5.03 Å². The van der Waals surface area contributed by atoms with E-state index in [1.807, 2.05) is 0 Å². The molecule has 8 nitrogen and oxygen atoms in total. The molecule has 10 heteroatoms. The zero-order valence-corrected chi connectivity index (χ0v) is 9.88. The van der Waals surface area contributed by atoms with E-state index in [4.69, 9.17) is 5.14 Å². The van der Waals surface area contributed by atoms with E-state index in [2.05, 4.69) is 14.7 Å². The lowest BCUT2D eigenvalue weighted by molar-refractivity contribution is 0.574. The van der Waals surface area contributed by atoms with Crippen molar-refractivity contribution in [1.29, 1.82) is 0 Å². The Kier molecular flexibility index (Phi) is 4.02. The van der Waals surface area contributed by atoms with Crippen LogP contribution in [0.25, 0.3) is 0 Å². The Balaban J connectivity index is 2.45. The van der Waals surface area contributed by atoms with Crippen molar-refractivity contribution in [3.63, 3.8) is 0 Å². The van der Waals surface area contributed by atoms with Crippen molar-refractivity contribution in [2.75, 3.05) is 12.3 Å². The predicted octanol–water partition coefficient (Wildman–Crippen LogP) is -1.63. The lowest BCUT2D eigenvalue weighted by Crippen LogP contribution is -2.27. The summed E-state index contributed by atoms with van der Waals surface area (Å²) in [5, 5.41) is 4.69. The van der Waals surface area contributed by atoms with Gasteiger partial charge in [-0.3, -0.25) is 0 Å². The highest BCUT2D eigenvalue weighted by atomic mass is 32.2. The van der Waals surface area contributed by atoms with Gasteiger partial charge in [0.25, 0.3) is 10.0 Å². The molecule has 1 heterocycles. The van der Waals surface area contributed by atoms with Gasteiger partial charge < -0.3 is 4.98 Å². The molecule has 1 rings (SSSR count). The standard InChI is InChI=1S/C6H12N4O4S2/c7-15(11,12)3-1-2-10-16(13,14)6-4-8-5-9-6/h4-5,10H,1-3H2,(H,8,9)(H2,7,11,12). The maximum absolute atomic E-state index is 11.5. The second-order valence-corrected chi connectivity index (χ2v) is 6.50. The Labute approximate surface area is 93.4 Å². The number of H-pyrrole nitrogens is 1. The minimum atomic E-state index is -3.64. The van der Waals surface area contributed by atoms with Gasteiger partial charge in [-0.25, -0.2) is 31.7 Å². The molecule has 1 aromatic rings. The summed E-state index contributed by atoms with van der Waals surface area (Å²) in [6, 6.07) is 0. The molecule has 0 fully saturated rings. The van der Waals surface area contributed by atoms with Gasteiger partial charge in [0.05, 0.1) is 18.3 Å². The molecule has 0 amide bonds. The largest absolute Gasteiger partial charge is 0.335 e. The van der Waals surface area contributed by atoms with E-state index in [9.17, 15) is 16.8 Å². The lowest BCUT2D eigenvalue weighted by atomic mass is 10.5. The maximum atomic E-state index is 11.5. The molecule has 4 N–H and O–H groups in total. The maximum Gasteiger partial charge on any atom is 0.257 e. The molecule has 0 aliphatic rings. The fraction of sp³-hybridized carbons (Fsp3) is 0.500. The quantitative estimate of drug-likeness (QED) is 0.532. The minimum Gasteiger partial charge on any atom is -0.335 e. The summed E-state index contributed by atoms with van der Waals surface area (Å²) in [6.45, 7) is -0.00220. The monoisotopic (exact) mass is 268 g/mol. The molecule has 92 valence electrons. The SMILES string of the molecule is NS(=O)(=O)CCCNS(=O)(=O)c1cnc[nH]1. The van der Waals surface area contributed by atoms with Gasteiger partial charge in [0.2, 0.25) is 10.0 Å². The molecule has 0 atom stereocenters. The zero-order valence-electron chi connectivity index (χ0n) is 8.25. The Hall–Kier alpha value is -0.970. The van der Waals surface area contributed by atoms with Gasteiger partial charge in [-0.15, -0.1) is 0 Å². The van der Waals surface area contributed by atoms with E-state index >= 15 is 0 Å². The van der Waals surface area contributed by atoms with Crippen molar-refractivity contribution in [2.45, 2.75) is 11.4 Å². The number of imidazole rings is 1. The van der Waals surface area contributed by atoms with Gasteiger partial charge in [-0.2, -0.15) is 0 Å². The zero-order chi connectivity index (χ0) is 12.2. The Morgan fingerprint density at radius 3 is 2.56 bits per heavy atom. The second kappa shape index (κ2) is 4.91. The molecule has 0 radical (unpaired) electrons. The van der Waals surface area contributed by atoms with Gasteiger partial charge in [-0.05, 0) is 6.42 Å². The molecule has 1 aromatic heterocycles. The third kappa shape index (κ3) is 4.26. The fourth-order valence-corrected chi connectivity index (χ4v) is 2.47. The Bertz CT molecular complexity index is 519. The summed E-state index contributed by atoms with van der Waals surface area (Å²) in [5.74, 6) is -0.265. The molecule has 0 saturated carbocycles. The van der Waals surface area contributed by atoms with E-state index in [-0.39, 0.29) is 23.7 Å². The van der Waals surface area contributed by atoms with E-state index < -0.39 is 20.0 Å². The number of aromatic nitrogens is 2. The number of nitrogens with one attached hydrogen (secondary N) is 2. The number of nitrogens with two attached hydrogens (primary N) is 1. The number of aromatic amines is 1. The van der Waals surface area contributed by atoms with Crippen molar-refractivity contribution >= 4 is 20.0 Å². The molecule has 0 aliphatic carbocycles. The first-order valence-corrected chi connectivity index (χ1v) is 7.50. The Morgan fingerprint density at radius 1 is 1.38 bits per heavy atom. The first-order valence-electron chi connectivity index (χ1n) is 4.30. The number of rotatable bonds is 6. The third-order valence-corrected chi connectivity index (χ3v) is 3.90. The average Bonchev–Trinajstić information content (AvgIpc) is 2.64. The van der Waals surface area contributed by atoms with Crippen molar-refractivity contribution < 1.29 is 16.8 Å². The van der Waals surface area contributed by atoms with E-state index in [0.29, 0.717) is 0 Å². The summed E-state index contributed by atoms with van der Waals surface area (Å²) in [4.78, 5) is 6.00. The van der Waals surface area contributed by atoms with Crippen LogP contribution in [0.5, 0.6) is 0 Å². The normalized spacial score (nSPS) is 12.8. The molecular formula is C6H12N4O4S2. The van der Waals surface area contributed by atoms with E-state index in [1.165, 1.54) is 6.33 Å². The highest BCUT2D eigenvalue weighted by molar-refractivity contribution is 7.89. The topological polar surface area (TPSA) is 135 Å². The predicted molar refractivity (Wildman–Crippen MR) is 56.4 cm³/mol. The lowest BCUT2D eigenvalue weighted by Gasteiger charge is -2.03. The van der Waals surface area contributed by atoms with Crippen LogP contribution in [0.4, 0.5) is 0 Å². The number of sulfonamides is 2. The molecular weight excluding hydrogens is 256 g/mol. The van der Waals surface area contributed by atoms with E-state index in [1.54, 1.807) is 0 Å². The van der Waals surface area contributed by atoms with Crippen LogP contribution < -0.4 is 9.86 Å². The first-order chi connectivity index (χ1) is 7.31. The van der Waals surface area contributed by atoms with Gasteiger partial charge in [0.1, 0.15) is 0 Å². The fourth-order valence-electron chi connectivity index (χ4n) is 0.948. The first kappa shape index (κ1) is 13.1. The summed E-state index contributed by atoms with van der Waals surface area (Å²) < 4.78 is 46.3. The highest BCUT2D eigenvalue weighted by Crippen LogP contribution is 2.01. The molecule has 0 unspecified atom stereocenters.